The molecule has 3 N–H and O–H groups in total. The molecule has 4 saturated carbocycles. The molecule has 6 heteroatoms. The van der Waals surface area contributed by atoms with Gasteiger partial charge in [0.1, 0.15) is 0 Å². The summed E-state index contributed by atoms with van der Waals surface area (Å²) < 4.78 is 22.9. The van der Waals surface area contributed by atoms with E-state index in [1.165, 1.54) is 43.4 Å². The number of hydrogen-bond donors (Lipinski definition) is 2. The van der Waals surface area contributed by atoms with E-state index in [9.17, 15) is 13.2 Å². The smallest absolute Gasteiger partial charge is 0.238 e. The number of primary sulfonamides is 1. The zero-order chi connectivity index (χ0) is 23.2. The number of carbonyl (C=O) groups is 1. The quantitative estimate of drug-likeness (QED) is 0.646. The third-order valence-corrected chi connectivity index (χ3v) is 9.97. The number of nitrogens with two attached hydrogens (primary N) is 1. The van der Waals surface area contributed by atoms with Crippen LogP contribution in [0.2, 0.25) is 0 Å². The molecule has 33 heavy (non-hydrogen) atoms. The van der Waals surface area contributed by atoms with Gasteiger partial charge >= 0.3 is 0 Å². The molecule has 1 amide bonds. The van der Waals surface area contributed by atoms with Gasteiger partial charge in [-0.25, -0.2) is 13.6 Å². The van der Waals surface area contributed by atoms with E-state index >= 15 is 0 Å². The standard InChI is InChI=1S/C27H34N2O3S/c1-18-20-13-23-15-21(18)16-24(14-20)27(23,22-5-3-2-4-6-22)17-26(30)29-12-11-19-7-9-25(10-8-19)33(28,31)32/h2-10,18,20-21,23-24H,11-17H2,1H3,(H,29,30)(H2,28,31,32). The molecule has 0 unspecified atom stereocenters. The number of sulfonamides is 1. The van der Waals surface area contributed by atoms with Crippen molar-refractivity contribution in [3.05, 3.63) is 65.7 Å². The second-order valence-corrected chi connectivity index (χ2v) is 12.1. The summed E-state index contributed by atoms with van der Waals surface area (Å²) in [5, 5.41) is 8.33. The summed E-state index contributed by atoms with van der Waals surface area (Å²) in [5.74, 6) is 3.80. The second kappa shape index (κ2) is 8.55. The molecule has 5 nitrogen and oxygen atoms in total. The lowest BCUT2D eigenvalue weighted by Crippen LogP contribution is -2.59. The van der Waals surface area contributed by atoms with Gasteiger partial charge in [-0.3, -0.25) is 4.79 Å². The van der Waals surface area contributed by atoms with Crippen LogP contribution in [0.25, 0.3) is 0 Å². The Morgan fingerprint density at radius 1 is 0.970 bits per heavy atom. The van der Waals surface area contributed by atoms with Crippen molar-refractivity contribution in [3.63, 3.8) is 0 Å². The first-order chi connectivity index (χ1) is 15.8. The van der Waals surface area contributed by atoms with E-state index in [1.54, 1.807) is 12.1 Å². The van der Waals surface area contributed by atoms with Gasteiger partial charge in [0, 0.05) is 18.4 Å². The van der Waals surface area contributed by atoms with Crippen molar-refractivity contribution >= 4 is 15.9 Å². The Balaban J connectivity index is 1.28. The SMILES string of the molecule is CC1C2CC3CC1CC(C2)C3(CC(=O)NCCc1ccc(S(N)(=O)=O)cc1)c1ccccc1. The van der Waals surface area contributed by atoms with Crippen molar-refractivity contribution in [1.29, 1.82) is 0 Å². The molecular weight excluding hydrogens is 432 g/mol. The van der Waals surface area contributed by atoms with Gasteiger partial charge < -0.3 is 5.32 Å². The van der Waals surface area contributed by atoms with Crippen molar-refractivity contribution in [2.24, 2.45) is 34.7 Å². The van der Waals surface area contributed by atoms with E-state index in [0.29, 0.717) is 31.2 Å². The number of amides is 1. The molecule has 6 rings (SSSR count). The molecule has 2 aromatic rings. The number of nitrogens with one attached hydrogen (secondary N) is 1. The van der Waals surface area contributed by atoms with E-state index in [4.69, 9.17) is 5.14 Å². The minimum atomic E-state index is -3.68. The molecule has 0 heterocycles. The summed E-state index contributed by atoms with van der Waals surface area (Å²) in [5.41, 5.74) is 2.28. The maximum Gasteiger partial charge on any atom is 0.238 e. The minimum absolute atomic E-state index is 0.0460. The van der Waals surface area contributed by atoms with Crippen molar-refractivity contribution in [2.45, 2.75) is 55.8 Å². The maximum absolute atomic E-state index is 13.2. The molecule has 176 valence electrons. The zero-order valence-electron chi connectivity index (χ0n) is 19.2. The van der Waals surface area contributed by atoms with Crippen molar-refractivity contribution < 1.29 is 13.2 Å². The Bertz CT molecular complexity index is 1080. The summed E-state index contributed by atoms with van der Waals surface area (Å²) in [6.45, 7) is 2.98. The van der Waals surface area contributed by atoms with Gasteiger partial charge in [-0.15, -0.1) is 0 Å². The average Bonchev–Trinajstić information content (AvgIpc) is 2.78. The van der Waals surface area contributed by atoms with Crippen LogP contribution in [0.4, 0.5) is 0 Å². The Kier molecular flexibility index (Phi) is 5.86. The fourth-order valence-corrected chi connectivity index (χ4v) is 7.91. The van der Waals surface area contributed by atoms with Crippen molar-refractivity contribution in [2.75, 3.05) is 6.54 Å². The maximum atomic E-state index is 13.2. The van der Waals surface area contributed by atoms with Gasteiger partial charge in [0.2, 0.25) is 15.9 Å². The summed E-state index contributed by atoms with van der Waals surface area (Å²) in [6, 6.07) is 17.3. The number of carbonyl (C=O) groups excluding carboxylic acids is 1. The monoisotopic (exact) mass is 466 g/mol. The highest BCUT2D eigenvalue weighted by molar-refractivity contribution is 7.89. The van der Waals surface area contributed by atoms with Crippen LogP contribution in [0.15, 0.2) is 59.5 Å². The Hall–Kier alpha value is -2.18. The zero-order valence-corrected chi connectivity index (χ0v) is 20.1. The lowest BCUT2D eigenvalue weighted by atomic mass is 9.41. The molecule has 0 atom stereocenters. The van der Waals surface area contributed by atoms with E-state index in [2.05, 4.69) is 42.6 Å². The molecule has 4 fully saturated rings. The molecule has 0 aromatic heterocycles. The Labute approximate surface area is 197 Å². The normalized spacial score (nSPS) is 32.6. The lowest BCUT2D eigenvalue weighted by molar-refractivity contribution is -0.133. The second-order valence-electron chi connectivity index (χ2n) is 10.6. The summed E-state index contributed by atoms with van der Waals surface area (Å²) in [6.07, 6.45) is 6.24. The predicted octanol–water partition coefficient (Wildman–Crippen LogP) is 4.02. The summed E-state index contributed by atoms with van der Waals surface area (Å²) in [7, 11) is -3.68. The predicted molar refractivity (Wildman–Crippen MR) is 129 cm³/mol. The topological polar surface area (TPSA) is 89.3 Å². The van der Waals surface area contributed by atoms with E-state index in [0.717, 1.165) is 23.3 Å². The van der Waals surface area contributed by atoms with E-state index in [-0.39, 0.29) is 16.2 Å². The summed E-state index contributed by atoms with van der Waals surface area (Å²) in [4.78, 5) is 13.4. The fourth-order valence-electron chi connectivity index (χ4n) is 7.40. The van der Waals surface area contributed by atoms with Gasteiger partial charge in [-0.1, -0.05) is 49.4 Å². The van der Waals surface area contributed by atoms with Crippen LogP contribution in [0.3, 0.4) is 0 Å². The first kappa shape index (κ1) is 22.6. The van der Waals surface area contributed by atoms with Gasteiger partial charge in [0.05, 0.1) is 4.90 Å². The Morgan fingerprint density at radius 3 is 2.09 bits per heavy atom. The third-order valence-electron chi connectivity index (χ3n) is 9.05. The first-order valence-corrected chi connectivity index (χ1v) is 13.8. The number of rotatable bonds is 7. The van der Waals surface area contributed by atoms with Crippen LogP contribution in [0.1, 0.15) is 50.2 Å². The summed E-state index contributed by atoms with van der Waals surface area (Å²) >= 11 is 0. The average molecular weight is 467 g/mol. The molecule has 4 aliphatic carbocycles. The van der Waals surface area contributed by atoms with Crippen LogP contribution < -0.4 is 10.5 Å². The fraction of sp³-hybridized carbons (Fsp3) is 0.519. The molecule has 4 aliphatic rings. The number of hydrogen-bond acceptors (Lipinski definition) is 3. The lowest BCUT2D eigenvalue weighted by Gasteiger charge is -2.63. The molecule has 2 aromatic carbocycles. The number of benzene rings is 2. The van der Waals surface area contributed by atoms with Crippen LogP contribution in [-0.4, -0.2) is 20.9 Å². The van der Waals surface area contributed by atoms with Gasteiger partial charge in [-0.2, -0.15) is 0 Å². The molecule has 0 aliphatic heterocycles. The van der Waals surface area contributed by atoms with Crippen molar-refractivity contribution in [1.82, 2.24) is 5.32 Å². The highest BCUT2D eigenvalue weighted by atomic mass is 32.2. The largest absolute Gasteiger partial charge is 0.356 e. The van der Waals surface area contributed by atoms with Crippen LogP contribution in [-0.2, 0) is 26.7 Å². The molecule has 0 saturated heterocycles. The molecule has 0 radical (unpaired) electrons. The van der Waals surface area contributed by atoms with Gasteiger partial charge in [-0.05, 0) is 85.0 Å². The first-order valence-electron chi connectivity index (χ1n) is 12.2. The van der Waals surface area contributed by atoms with Crippen LogP contribution in [0, 0.1) is 29.6 Å². The van der Waals surface area contributed by atoms with E-state index < -0.39 is 10.0 Å². The highest BCUT2D eigenvalue weighted by Crippen LogP contribution is 2.65. The minimum Gasteiger partial charge on any atom is -0.356 e. The Morgan fingerprint density at radius 2 is 1.55 bits per heavy atom. The van der Waals surface area contributed by atoms with Crippen LogP contribution >= 0.6 is 0 Å². The van der Waals surface area contributed by atoms with Crippen LogP contribution in [0.5, 0.6) is 0 Å². The van der Waals surface area contributed by atoms with Crippen molar-refractivity contribution in [3.8, 4) is 0 Å². The molecule has 0 spiro atoms. The van der Waals surface area contributed by atoms with Gasteiger partial charge in [0.15, 0.2) is 0 Å². The highest BCUT2D eigenvalue weighted by Gasteiger charge is 2.60. The third kappa shape index (κ3) is 4.12. The van der Waals surface area contributed by atoms with Gasteiger partial charge in [0.25, 0.3) is 0 Å². The molecule has 4 bridgehead atoms. The van der Waals surface area contributed by atoms with E-state index in [1.807, 2.05) is 0 Å². The molecular formula is C27H34N2O3S.